The Hall–Kier alpha value is -1.43. The molecule has 1 fully saturated rings. The van der Waals surface area contributed by atoms with Crippen LogP contribution in [0.4, 0.5) is 0 Å². The van der Waals surface area contributed by atoms with Crippen LogP contribution in [0.5, 0.6) is 0 Å². The highest BCUT2D eigenvalue weighted by atomic mass is 16.5. The van der Waals surface area contributed by atoms with Crippen molar-refractivity contribution in [2.75, 3.05) is 19.7 Å². The van der Waals surface area contributed by atoms with Crippen molar-refractivity contribution in [3.8, 4) is 0 Å². The standard InChI is InChI=1S/C10H16N4O2/c1-2-16-10(15)9-12-8(13-14-9)5-7-3-4-11-6-7/h7,11H,2-6H2,1H3,(H,12,13,14). The molecule has 0 amide bonds. The number of hydrogen-bond acceptors (Lipinski definition) is 5. The lowest BCUT2D eigenvalue weighted by Crippen LogP contribution is -2.11. The Balaban J connectivity index is 1.93. The number of esters is 1. The molecule has 1 aliphatic rings. The minimum atomic E-state index is -0.463. The van der Waals surface area contributed by atoms with E-state index in [2.05, 4.69) is 20.5 Å². The lowest BCUT2D eigenvalue weighted by Gasteiger charge is -2.03. The summed E-state index contributed by atoms with van der Waals surface area (Å²) in [6.07, 6.45) is 1.98. The number of rotatable bonds is 4. The molecular weight excluding hydrogens is 208 g/mol. The lowest BCUT2D eigenvalue weighted by molar-refractivity contribution is 0.0512. The number of ether oxygens (including phenoxy) is 1. The average Bonchev–Trinajstić information content (AvgIpc) is 2.90. The number of carbonyl (C=O) groups excluding carboxylic acids is 1. The molecule has 1 saturated heterocycles. The van der Waals surface area contributed by atoms with Gasteiger partial charge in [0.25, 0.3) is 5.82 Å². The van der Waals surface area contributed by atoms with Crippen LogP contribution in [0.15, 0.2) is 0 Å². The summed E-state index contributed by atoms with van der Waals surface area (Å²) in [5.41, 5.74) is 0. The zero-order chi connectivity index (χ0) is 11.4. The molecule has 1 unspecified atom stereocenters. The largest absolute Gasteiger partial charge is 0.460 e. The molecule has 6 heteroatoms. The molecule has 1 aromatic rings. The number of aromatic nitrogens is 3. The fourth-order valence-corrected chi connectivity index (χ4v) is 1.84. The summed E-state index contributed by atoms with van der Waals surface area (Å²) in [5.74, 6) is 1.01. The number of nitrogens with zero attached hydrogens (tertiary/aromatic N) is 2. The molecule has 0 spiro atoms. The van der Waals surface area contributed by atoms with Gasteiger partial charge < -0.3 is 10.1 Å². The second-order valence-electron chi connectivity index (χ2n) is 3.89. The van der Waals surface area contributed by atoms with Crippen LogP contribution in [0.1, 0.15) is 29.8 Å². The van der Waals surface area contributed by atoms with E-state index >= 15 is 0 Å². The first-order chi connectivity index (χ1) is 7.79. The molecule has 6 nitrogen and oxygen atoms in total. The van der Waals surface area contributed by atoms with Gasteiger partial charge in [-0.15, -0.1) is 5.10 Å². The number of aromatic amines is 1. The Kier molecular flexibility index (Phi) is 3.51. The molecule has 1 atom stereocenters. The SMILES string of the molecule is CCOC(=O)c1n[nH]c(CC2CCNC2)n1. The monoisotopic (exact) mass is 224 g/mol. The Morgan fingerprint density at radius 3 is 3.19 bits per heavy atom. The van der Waals surface area contributed by atoms with Crippen LogP contribution >= 0.6 is 0 Å². The number of carbonyl (C=O) groups is 1. The number of nitrogens with one attached hydrogen (secondary N) is 2. The minimum Gasteiger partial charge on any atom is -0.460 e. The molecule has 16 heavy (non-hydrogen) atoms. The summed E-state index contributed by atoms with van der Waals surface area (Å²) in [4.78, 5) is 15.4. The van der Waals surface area contributed by atoms with Crippen molar-refractivity contribution >= 4 is 5.97 Å². The van der Waals surface area contributed by atoms with Crippen molar-refractivity contribution in [3.63, 3.8) is 0 Å². The Bertz CT molecular complexity index is 357. The summed E-state index contributed by atoms with van der Waals surface area (Å²) in [5, 5.41) is 9.92. The quantitative estimate of drug-likeness (QED) is 0.711. The zero-order valence-electron chi connectivity index (χ0n) is 9.32. The fourth-order valence-electron chi connectivity index (χ4n) is 1.84. The van der Waals surface area contributed by atoms with Gasteiger partial charge in [-0.1, -0.05) is 0 Å². The van der Waals surface area contributed by atoms with Gasteiger partial charge in [0.1, 0.15) is 5.82 Å². The van der Waals surface area contributed by atoms with Crippen molar-refractivity contribution in [1.29, 1.82) is 0 Å². The summed E-state index contributed by atoms with van der Waals surface area (Å²) < 4.78 is 4.81. The Labute approximate surface area is 93.8 Å². The molecule has 0 saturated carbocycles. The Morgan fingerprint density at radius 1 is 1.62 bits per heavy atom. The van der Waals surface area contributed by atoms with Gasteiger partial charge in [0, 0.05) is 6.42 Å². The van der Waals surface area contributed by atoms with Crippen molar-refractivity contribution in [2.45, 2.75) is 19.8 Å². The summed E-state index contributed by atoms with van der Waals surface area (Å²) in [7, 11) is 0. The molecule has 2 heterocycles. The highest BCUT2D eigenvalue weighted by Gasteiger charge is 2.19. The van der Waals surface area contributed by atoms with E-state index in [1.165, 1.54) is 0 Å². The molecule has 88 valence electrons. The van der Waals surface area contributed by atoms with Gasteiger partial charge in [-0.2, -0.15) is 0 Å². The molecule has 0 aliphatic carbocycles. The first kappa shape index (κ1) is 11.1. The molecule has 2 N–H and O–H groups in total. The normalized spacial score (nSPS) is 19.9. The Morgan fingerprint density at radius 2 is 2.50 bits per heavy atom. The fraction of sp³-hybridized carbons (Fsp3) is 0.700. The third-order valence-corrected chi connectivity index (χ3v) is 2.63. The van der Waals surface area contributed by atoms with E-state index in [1.54, 1.807) is 6.92 Å². The van der Waals surface area contributed by atoms with Crippen molar-refractivity contribution in [3.05, 3.63) is 11.6 Å². The van der Waals surface area contributed by atoms with Gasteiger partial charge in [0.15, 0.2) is 0 Å². The van der Waals surface area contributed by atoms with Gasteiger partial charge >= 0.3 is 5.97 Å². The first-order valence-electron chi connectivity index (χ1n) is 5.58. The van der Waals surface area contributed by atoms with Crippen LogP contribution in [0.25, 0.3) is 0 Å². The molecule has 2 rings (SSSR count). The van der Waals surface area contributed by atoms with Crippen LogP contribution in [0, 0.1) is 5.92 Å². The predicted octanol–water partition coefficient (Wildman–Crippen LogP) is 0.133. The maximum absolute atomic E-state index is 11.3. The predicted molar refractivity (Wildman–Crippen MR) is 57.0 cm³/mol. The molecule has 0 aromatic carbocycles. The highest BCUT2D eigenvalue weighted by Crippen LogP contribution is 2.12. The van der Waals surface area contributed by atoms with Crippen molar-refractivity contribution < 1.29 is 9.53 Å². The minimum absolute atomic E-state index is 0.128. The summed E-state index contributed by atoms with van der Waals surface area (Å²) in [6, 6.07) is 0. The van der Waals surface area contributed by atoms with Gasteiger partial charge in [-0.3, -0.25) is 5.10 Å². The molecule has 1 aliphatic heterocycles. The number of H-pyrrole nitrogens is 1. The smallest absolute Gasteiger partial charge is 0.378 e. The summed E-state index contributed by atoms with van der Waals surface area (Å²) in [6.45, 7) is 4.17. The zero-order valence-corrected chi connectivity index (χ0v) is 9.32. The maximum atomic E-state index is 11.3. The third kappa shape index (κ3) is 2.57. The number of hydrogen-bond donors (Lipinski definition) is 2. The van der Waals surface area contributed by atoms with Crippen LogP contribution < -0.4 is 5.32 Å². The van der Waals surface area contributed by atoms with E-state index < -0.39 is 5.97 Å². The molecular formula is C10H16N4O2. The van der Waals surface area contributed by atoms with Crippen LogP contribution in [0.2, 0.25) is 0 Å². The topological polar surface area (TPSA) is 79.9 Å². The van der Waals surface area contributed by atoms with Crippen LogP contribution in [-0.2, 0) is 11.2 Å². The van der Waals surface area contributed by atoms with Gasteiger partial charge in [-0.25, -0.2) is 9.78 Å². The first-order valence-corrected chi connectivity index (χ1v) is 5.58. The average molecular weight is 224 g/mol. The lowest BCUT2D eigenvalue weighted by atomic mass is 10.1. The van der Waals surface area contributed by atoms with E-state index in [4.69, 9.17) is 4.74 Å². The highest BCUT2D eigenvalue weighted by molar-refractivity contribution is 5.84. The second kappa shape index (κ2) is 5.07. The van der Waals surface area contributed by atoms with Crippen molar-refractivity contribution in [2.24, 2.45) is 5.92 Å². The van der Waals surface area contributed by atoms with Gasteiger partial charge in [0.05, 0.1) is 6.61 Å². The molecule has 1 aromatic heterocycles. The van der Waals surface area contributed by atoms with Crippen LogP contribution in [0.3, 0.4) is 0 Å². The van der Waals surface area contributed by atoms with E-state index in [-0.39, 0.29) is 5.82 Å². The summed E-state index contributed by atoms with van der Waals surface area (Å²) >= 11 is 0. The third-order valence-electron chi connectivity index (χ3n) is 2.63. The van der Waals surface area contributed by atoms with E-state index in [1.807, 2.05) is 0 Å². The van der Waals surface area contributed by atoms with Crippen molar-refractivity contribution in [1.82, 2.24) is 20.5 Å². The van der Waals surface area contributed by atoms with E-state index in [0.29, 0.717) is 12.5 Å². The van der Waals surface area contributed by atoms with E-state index in [0.717, 1.165) is 31.8 Å². The van der Waals surface area contributed by atoms with Crippen LogP contribution in [-0.4, -0.2) is 40.8 Å². The van der Waals surface area contributed by atoms with E-state index in [9.17, 15) is 4.79 Å². The second-order valence-corrected chi connectivity index (χ2v) is 3.89. The maximum Gasteiger partial charge on any atom is 0.378 e. The van der Waals surface area contributed by atoms with Gasteiger partial charge in [0.2, 0.25) is 0 Å². The molecule has 0 bridgehead atoms. The molecule has 0 radical (unpaired) electrons. The van der Waals surface area contributed by atoms with Gasteiger partial charge in [-0.05, 0) is 32.4 Å².